The zero-order valence-electron chi connectivity index (χ0n) is 18.9. The molecule has 0 amide bonds. The number of carbonyl (C=O) groups is 1. The number of carbonyl (C=O) groups excluding carboxylic acids is 1. The third kappa shape index (κ3) is 3.96. The molecule has 5 heteroatoms. The predicted molar refractivity (Wildman–Crippen MR) is 143 cm³/mol. The summed E-state index contributed by atoms with van der Waals surface area (Å²) in [5, 5.41) is 0. The number of benzene rings is 4. The summed E-state index contributed by atoms with van der Waals surface area (Å²) >= 11 is 5.47. The number of hydrogen-bond donors (Lipinski definition) is 1. The van der Waals surface area contributed by atoms with Crippen molar-refractivity contribution in [1.29, 1.82) is 0 Å². The van der Waals surface area contributed by atoms with Gasteiger partial charge < -0.3 is 10.3 Å². The summed E-state index contributed by atoms with van der Waals surface area (Å²) < 4.78 is 1.95. The van der Waals surface area contributed by atoms with E-state index in [9.17, 15) is 4.79 Å². The summed E-state index contributed by atoms with van der Waals surface area (Å²) in [5.41, 5.74) is 9.17. The summed E-state index contributed by atoms with van der Waals surface area (Å²) in [7, 11) is 0. The summed E-state index contributed by atoms with van der Waals surface area (Å²) in [6, 6.07) is 39.5. The van der Waals surface area contributed by atoms with E-state index in [1.54, 1.807) is 18.3 Å². The van der Waals surface area contributed by atoms with E-state index in [2.05, 4.69) is 41.4 Å². The first-order valence-corrected chi connectivity index (χ1v) is 11.7. The van der Waals surface area contributed by atoms with E-state index in [0.717, 1.165) is 16.7 Å². The van der Waals surface area contributed by atoms with Crippen LogP contribution in [-0.4, -0.2) is 20.3 Å². The molecule has 1 heterocycles. The second-order valence-electron chi connectivity index (χ2n) is 8.19. The van der Waals surface area contributed by atoms with Crippen molar-refractivity contribution >= 4 is 23.0 Å². The Kier molecular flexibility index (Phi) is 6.08. The van der Waals surface area contributed by atoms with Gasteiger partial charge in [-0.3, -0.25) is 4.79 Å². The fraction of sp³-hybridized carbons (Fsp3) is 0.0333. The fourth-order valence-corrected chi connectivity index (χ4v) is 4.76. The van der Waals surface area contributed by atoms with E-state index in [1.165, 1.54) is 0 Å². The van der Waals surface area contributed by atoms with Gasteiger partial charge in [-0.05, 0) is 16.7 Å². The van der Waals surface area contributed by atoms with E-state index < -0.39 is 5.54 Å². The SMILES string of the molecule is NC(=S)c1nc(C(=O)c2ccccc2)cn1C(c1ccccc1)(c1ccccc1)c1ccccc1. The molecule has 2 N–H and O–H groups in total. The smallest absolute Gasteiger partial charge is 0.212 e. The Morgan fingerprint density at radius 3 is 1.49 bits per heavy atom. The highest BCUT2D eigenvalue weighted by molar-refractivity contribution is 7.80. The van der Waals surface area contributed by atoms with Gasteiger partial charge in [0.25, 0.3) is 0 Å². The first-order valence-electron chi connectivity index (χ1n) is 11.3. The van der Waals surface area contributed by atoms with Crippen LogP contribution in [0.4, 0.5) is 0 Å². The first kappa shape index (κ1) is 22.4. The van der Waals surface area contributed by atoms with Gasteiger partial charge in [-0.25, -0.2) is 4.98 Å². The van der Waals surface area contributed by atoms with E-state index >= 15 is 0 Å². The molecule has 4 aromatic carbocycles. The quantitative estimate of drug-likeness (QED) is 0.190. The van der Waals surface area contributed by atoms with Crippen molar-refractivity contribution < 1.29 is 4.79 Å². The van der Waals surface area contributed by atoms with Crippen molar-refractivity contribution in [2.24, 2.45) is 5.73 Å². The zero-order valence-corrected chi connectivity index (χ0v) is 19.7. The largest absolute Gasteiger partial charge is 0.387 e. The number of aromatic nitrogens is 2. The molecule has 0 spiro atoms. The molecule has 35 heavy (non-hydrogen) atoms. The van der Waals surface area contributed by atoms with E-state index in [0.29, 0.717) is 11.4 Å². The molecule has 0 unspecified atom stereocenters. The van der Waals surface area contributed by atoms with E-state index in [4.69, 9.17) is 18.0 Å². The van der Waals surface area contributed by atoms with Crippen LogP contribution in [0.3, 0.4) is 0 Å². The van der Waals surface area contributed by atoms with Crippen LogP contribution in [0, 0.1) is 0 Å². The second-order valence-corrected chi connectivity index (χ2v) is 8.63. The molecule has 1 aromatic heterocycles. The average Bonchev–Trinajstić information content (AvgIpc) is 3.37. The van der Waals surface area contributed by atoms with Crippen molar-refractivity contribution in [2.45, 2.75) is 5.54 Å². The van der Waals surface area contributed by atoms with Crippen LogP contribution >= 0.6 is 12.2 Å². The molecule has 0 saturated heterocycles. The molecule has 5 rings (SSSR count). The molecule has 0 atom stereocenters. The van der Waals surface area contributed by atoms with Crippen LogP contribution < -0.4 is 5.73 Å². The first-order chi connectivity index (χ1) is 17.1. The number of rotatable bonds is 7. The molecule has 0 fully saturated rings. The molecule has 0 aliphatic rings. The molecular weight excluding hydrogens is 450 g/mol. The highest BCUT2D eigenvalue weighted by atomic mass is 32.1. The van der Waals surface area contributed by atoms with Crippen LogP contribution in [0.25, 0.3) is 0 Å². The third-order valence-corrected chi connectivity index (χ3v) is 6.31. The standard InChI is InChI=1S/C30H23N3OS/c31-28(35)29-32-26(27(34)22-13-5-1-6-14-22)21-33(29)30(23-15-7-2-8-16-23,24-17-9-3-10-18-24)25-19-11-4-12-20-25/h1-21H,(H2,31,35). The number of nitrogens with zero attached hydrogens (tertiary/aromatic N) is 2. The van der Waals surface area contributed by atoms with E-state index in [-0.39, 0.29) is 16.5 Å². The van der Waals surface area contributed by atoms with E-state index in [1.807, 2.05) is 77.4 Å². The van der Waals surface area contributed by atoms with Crippen LogP contribution in [0.2, 0.25) is 0 Å². The highest BCUT2D eigenvalue weighted by Gasteiger charge is 2.41. The maximum absolute atomic E-state index is 13.4. The molecule has 0 bridgehead atoms. The summed E-state index contributed by atoms with van der Waals surface area (Å²) in [6.07, 6.45) is 1.77. The van der Waals surface area contributed by atoms with Gasteiger partial charge in [0.05, 0.1) is 0 Å². The Bertz CT molecular complexity index is 1370. The Hall–Kier alpha value is -4.35. The van der Waals surface area contributed by atoms with Crippen LogP contribution in [0.5, 0.6) is 0 Å². The second kappa shape index (κ2) is 9.49. The summed E-state index contributed by atoms with van der Waals surface area (Å²) in [5.74, 6) is 0.181. The number of nitrogens with two attached hydrogens (primary N) is 1. The monoisotopic (exact) mass is 473 g/mol. The van der Waals surface area contributed by atoms with Crippen molar-refractivity contribution in [1.82, 2.24) is 9.55 Å². The molecule has 170 valence electrons. The number of thiocarbonyl (C=S) groups is 1. The minimum absolute atomic E-state index is 0.115. The molecular formula is C30H23N3OS. The van der Waals surface area contributed by atoms with Crippen molar-refractivity contribution in [3.8, 4) is 0 Å². The molecule has 0 saturated carbocycles. The minimum Gasteiger partial charge on any atom is -0.387 e. The van der Waals surface area contributed by atoms with Gasteiger partial charge in [-0.2, -0.15) is 0 Å². The van der Waals surface area contributed by atoms with Gasteiger partial charge >= 0.3 is 0 Å². The van der Waals surface area contributed by atoms with Gasteiger partial charge in [0, 0.05) is 11.8 Å². The lowest BCUT2D eigenvalue weighted by atomic mass is 9.76. The van der Waals surface area contributed by atoms with Crippen LogP contribution in [0.1, 0.15) is 38.6 Å². The van der Waals surface area contributed by atoms with Crippen molar-refractivity contribution in [3.63, 3.8) is 0 Å². The zero-order chi connectivity index (χ0) is 24.3. The Labute approximate surface area is 209 Å². The summed E-state index contributed by atoms with van der Waals surface area (Å²) in [4.78, 5) is 18.2. The average molecular weight is 474 g/mol. The molecule has 4 nitrogen and oxygen atoms in total. The molecule has 5 aromatic rings. The van der Waals surface area contributed by atoms with Crippen molar-refractivity contribution in [2.75, 3.05) is 0 Å². The van der Waals surface area contributed by atoms with Gasteiger partial charge in [-0.1, -0.05) is 134 Å². The van der Waals surface area contributed by atoms with Gasteiger partial charge in [0.1, 0.15) is 16.2 Å². The lowest BCUT2D eigenvalue weighted by molar-refractivity contribution is 0.103. The van der Waals surface area contributed by atoms with Gasteiger partial charge in [-0.15, -0.1) is 0 Å². The normalized spacial score (nSPS) is 11.2. The Balaban J connectivity index is 1.87. The lowest BCUT2D eigenvalue weighted by Crippen LogP contribution is -2.40. The molecule has 0 aliphatic carbocycles. The maximum Gasteiger partial charge on any atom is 0.212 e. The topological polar surface area (TPSA) is 60.9 Å². The Morgan fingerprint density at radius 1 is 0.686 bits per heavy atom. The van der Waals surface area contributed by atoms with Crippen LogP contribution in [0.15, 0.2) is 128 Å². The fourth-order valence-electron chi connectivity index (χ4n) is 4.61. The van der Waals surface area contributed by atoms with Gasteiger partial charge in [0.2, 0.25) is 5.78 Å². The van der Waals surface area contributed by atoms with Crippen LogP contribution in [-0.2, 0) is 5.54 Å². The Morgan fingerprint density at radius 2 is 1.09 bits per heavy atom. The number of imidazole rings is 1. The van der Waals surface area contributed by atoms with Crippen molar-refractivity contribution in [3.05, 3.63) is 161 Å². The predicted octanol–water partition coefficient (Wildman–Crippen LogP) is 5.59. The maximum atomic E-state index is 13.4. The lowest BCUT2D eigenvalue weighted by Gasteiger charge is -2.38. The minimum atomic E-state index is -0.870. The molecule has 0 radical (unpaired) electrons. The number of hydrogen-bond acceptors (Lipinski definition) is 3. The highest BCUT2D eigenvalue weighted by Crippen LogP contribution is 2.41. The summed E-state index contributed by atoms with van der Waals surface area (Å²) in [6.45, 7) is 0. The third-order valence-electron chi connectivity index (χ3n) is 6.13. The van der Waals surface area contributed by atoms with Gasteiger partial charge in [0.15, 0.2) is 5.82 Å². The molecule has 0 aliphatic heterocycles. The number of ketones is 1.